The van der Waals surface area contributed by atoms with Crippen LogP contribution in [0, 0.1) is 0 Å². The van der Waals surface area contributed by atoms with E-state index in [0.29, 0.717) is 39.4 Å². The maximum atomic E-state index is 13.1. The fourth-order valence-corrected chi connectivity index (χ4v) is 5.93. The number of halogens is 2. The quantitative estimate of drug-likeness (QED) is 0.475. The Kier molecular flexibility index (Phi) is 4.74. The largest absolute Gasteiger partial charge is 0.348 e. The summed E-state index contributed by atoms with van der Waals surface area (Å²) in [5.41, 5.74) is 1.59. The molecule has 1 amide bonds. The van der Waals surface area contributed by atoms with Crippen LogP contribution in [-0.4, -0.2) is 46.1 Å². The zero-order valence-electron chi connectivity index (χ0n) is 15.3. The Morgan fingerprint density at radius 2 is 1.83 bits per heavy atom. The highest BCUT2D eigenvalue weighted by Crippen LogP contribution is 2.53. The minimum atomic E-state index is -1.01. The second-order valence-corrected chi connectivity index (χ2v) is 9.51. The summed E-state index contributed by atoms with van der Waals surface area (Å²) in [4.78, 5) is 24.4. The summed E-state index contributed by atoms with van der Waals surface area (Å²) in [5.74, 6) is 0.488. The van der Waals surface area contributed by atoms with E-state index in [-0.39, 0.29) is 5.91 Å². The van der Waals surface area contributed by atoms with Gasteiger partial charge in [-0.2, -0.15) is 0 Å². The van der Waals surface area contributed by atoms with Crippen LogP contribution in [0.25, 0.3) is 6.08 Å². The highest BCUT2D eigenvalue weighted by molar-refractivity contribution is 8.05. The first-order valence-electron chi connectivity index (χ1n) is 8.88. The molecule has 9 heteroatoms. The molecular formula is C20H15Cl2N3O2S2. The number of carbonyl (C=O) groups excluding carboxylic acids is 1. The number of hydrogen-bond donors (Lipinski definition) is 0. The van der Waals surface area contributed by atoms with Crippen molar-refractivity contribution >= 4 is 64.5 Å². The van der Waals surface area contributed by atoms with E-state index >= 15 is 0 Å². The number of carbonyl (C=O) groups is 1. The molecule has 3 aliphatic heterocycles. The molecule has 3 heterocycles. The molecule has 3 aliphatic rings. The first-order valence-corrected chi connectivity index (χ1v) is 11.7. The monoisotopic (exact) mass is 463 g/mol. The molecule has 0 aromatic heterocycles. The number of thioether (sulfide) groups is 2. The molecule has 0 bridgehead atoms. The summed E-state index contributed by atoms with van der Waals surface area (Å²) in [7, 11) is 0. The summed E-state index contributed by atoms with van der Waals surface area (Å²) in [6.07, 6.45) is 3.93. The minimum absolute atomic E-state index is 0.0619. The van der Waals surface area contributed by atoms with Gasteiger partial charge in [0.1, 0.15) is 0 Å². The average molecular weight is 464 g/mol. The molecule has 1 unspecified atom stereocenters. The number of hydrogen-bond acceptors (Lipinski definition) is 6. The Bertz CT molecular complexity index is 1050. The molecule has 5 nitrogen and oxygen atoms in total. The lowest BCUT2D eigenvalue weighted by atomic mass is 10.2. The van der Waals surface area contributed by atoms with E-state index in [4.69, 9.17) is 28.0 Å². The predicted molar refractivity (Wildman–Crippen MR) is 119 cm³/mol. The van der Waals surface area contributed by atoms with Gasteiger partial charge in [0, 0.05) is 18.0 Å². The topological polar surface area (TPSA) is 45.1 Å². The number of amidine groups is 1. The number of nitrogens with zero attached hydrogens (tertiary/aromatic N) is 3. The van der Waals surface area contributed by atoms with E-state index in [1.54, 1.807) is 34.9 Å². The normalized spacial score (nSPS) is 24.0. The van der Waals surface area contributed by atoms with Crippen LogP contribution in [0.5, 0.6) is 0 Å². The molecule has 1 atom stereocenters. The molecule has 148 valence electrons. The van der Waals surface area contributed by atoms with Gasteiger partial charge >= 0.3 is 5.18 Å². The lowest BCUT2D eigenvalue weighted by Gasteiger charge is -2.29. The lowest BCUT2D eigenvalue weighted by molar-refractivity contribution is -0.144. The lowest BCUT2D eigenvalue weighted by Crippen LogP contribution is -2.48. The van der Waals surface area contributed by atoms with E-state index in [9.17, 15) is 4.79 Å². The summed E-state index contributed by atoms with van der Waals surface area (Å²) < 4.78 is 0. The molecular weight excluding hydrogens is 449 g/mol. The van der Waals surface area contributed by atoms with Gasteiger partial charge in [-0.15, -0.1) is 11.8 Å². The van der Waals surface area contributed by atoms with Crippen LogP contribution in [0.3, 0.4) is 0 Å². The molecule has 0 radical (unpaired) electrons. The average Bonchev–Trinajstić information content (AvgIpc) is 3.32. The van der Waals surface area contributed by atoms with E-state index in [2.05, 4.69) is 5.16 Å². The van der Waals surface area contributed by atoms with Crippen LogP contribution in [0.1, 0.15) is 11.1 Å². The zero-order valence-corrected chi connectivity index (χ0v) is 18.4. The Morgan fingerprint density at radius 1 is 1.14 bits per heavy atom. The van der Waals surface area contributed by atoms with Crippen molar-refractivity contribution in [2.24, 2.45) is 5.16 Å². The van der Waals surface area contributed by atoms with Gasteiger partial charge in [0.2, 0.25) is 0 Å². The summed E-state index contributed by atoms with van der Waals surface area (Å²) >= 11 is 15.8. The van der Waals surface area contributed by atoms with Crippen molar-refractivity contribution in [2.75, 3.05) is 19.3 Å². The third-order valence-corrected chi connectivity index (χ3v) is 7.70. The molecule has 2 aromatic rings. The number of oxime groups is 1. The van der Waals surface area contributed by atoms with Gasteiger partial charge in [0.15, 0.2) is 5.84 Å². The Balaban J connectivity index is 1.48. The summed E-state index contributed by atoms with van der Waals surface area (Å²) in [6.45, 7) is 1.13. The molecule has 29 heavy (non-hydrogen) atoms. The van der Waals surface area contributed by atoms with Crippen molar-refractivity contribution in [3.05, 3.63) is 68.5 Å². The molecule has 2 aromatic carbocycles. The number of amides is 1. The van der Waals surface area contributed by atoms with Crippen molar-refractivity contribution in [2.45, 2.75) is 10.1 Å². The van der Waals surface area contributed by atoms with Crippen LogP contribution in [0.2, 0.25) is 10.0 Å². The highest BCUT2D eigenvalue weighted by atomic mass is 35.5. The van der Waals surface area contributed by atoms with Crippen LogP contribution in [0.4, 0.5) is 0 Å². The first kappa shape index (κ1) is 19.2. The van der Waals surface area contributed by atoms with Gasteiger partial charge in [-0.05, 0) is 53.9 Å². The second-order valence-electron chi connectivity index (χ2n) is 6.64. The van der Waals surface area contributed by atoms with Crippen LogP contribution in [0.15, 0.2) is 57.4 Å². The molecule has 0 saturated carbocycles. The van der Waals surface area contributed by atoms with Crippen LogP contribution in [-0.2, 0) is 9.63 Å². The minimum Gasteiger partial charge on any atom is -0.332 e. The molecule has 2 saturated heterocycles. The van der Waals surface area contributed by atoms with E-state index in [1.165, 1.54) is 16.7 Å². The number of benzene rings is 2. The van der Waals surface area contributed by atoms with Crippen molar-refractivity contribution in [1.29, 1.82) is 0 Å². The van der Waals surface area contributed by atoms with Crippen molar-refractivity contribution in [3.8, 4) is 0 Å². The second kappa shape index (κ2) is 7.16. The van der Waals surface area contributed by atoms with Gasteiger partial charge in [-0.25, -0.2) is 0 Å². The molecule has 0 N–H and O–H groups in total. The maximum Gasteiger partial charge on any atom is 0.348 e. The fourth-order valence-electron chi connectivity index (χ4n) is 3.63. The smallest absolute Gasteiger partial charge is 0.332 e. The molecule has 2 fully saturated rings. The number of rotatable bonds is 3. The van der Waals surface area contributed by atoms with Crippen LogP contribution < -0.4 is 0 Å². The van der Waals surface area contributed by atoms with Crippen molar-refractivity contribution in [1.82, 2.24) is 9.80 Å². The highest BCUT2D eigenvalue weighted by Gasteiger charge is 2.64. The standard InChI is InChI=1S/C20H15Cl2N3O2S2/c1-28-13-7-5-12(6-8-13)11-16-19(26)25-10-9-24-18(23-27-20(24,25)29-16)17-14(21)3-2-4-15(17)22/h2-8,11H,9-10H2,1H3/b16-11-. The van der Waals surface area contributed by atoms with Crippen molar-refractivity contribution in [3.63, 3.8) is 0 Å². The SMILES string of the molecule is CSc1ccc(/C=C2\SC34ON=C(c5c(Cl)cccc5Cl)N3CCN4C2=O)cc1. The van der Waals surface area contributed by atoms with Gasteiger partial charge in [-0.1, -0.05) is 46.6 Å². The van der Waals surface area contributed by atoms with Crippen LogP contribution >= 0.6 is 46.7 Å². The molecule has 1 spiro atoms. The first-order chi connectivity index (χ1) is 14.0. The Labute approximate surface area is 186 Å². The van der Waals surface area contributed by atoms with E-state index < -0.39 is 5.18 Å². The fraction of sp³-hybridized carbons (Fsp3) is 0.200. The van der Waals surface area contributed by atoms with Gasteiger partial charge in [0.25, 0.3) is 5.91 Å². The third kappa shape index (κ3) is 2.94. The third-order valence-electron chi connectivity index (χ3n) is 5.03. The van der Waals surface area contributed by atoms with Gasteiger partial charge < -0.3 is 4.84 Å². The van der Waals surface area contributed by atoms with E-state index in [0.717, 1.165) is 5.56 Å². The maximum absolute atomic E-state index is 13.1. The van der Waals surface area contributed by atoms with E-state index in [1.807, 2.05) is 41.5 Å². The summed E-state index contributed by atoms with van der Waals surface area (Å²) in [6, 6.07) is 13.4. The Hall–Kier alpha value is -1.80. The Morgan fingerprint density at radius 3 is 2.52 bits per heavy atom. The molecule has 0 aliphatic carbocycles. The van der Waals surface area contributed by atoms with Crippen molar-refractivity contribution < 1.29 is 9.63 Å². The van der Waals surface area contributed by atoms with Gasteiger partial charge in [-0.3, -0.25) is 14.6 Å². The zero-order chi connectivity index (χ0) is 20.2. The summed E-state index contributed by atoms with van der Waals surface area (Å²) in [5, 5.41) is 4.25. The predicted octanol–water partition coefficient (Wildman–Crippen LogP) is 4.95. The molecule has 5 rings (SSSR count). The van der Waals surface area contributed by atoms with Gasteiger partial charge in [0.05, 0.1) is 20.5 Å².